The van der Waals surface area contributed by atoms with E-state index in [1.165, 1.54) is 45.3 Å². The molecule has 0 amide bonds. The smallest absolute Gasteiger partial charge is 0.0605 e. The van der Waals surface area contributed by atoms with Crippen molar-refractivity contribution < 1.29 is 0 Å². The molecule has 0 atom stereocenters. The van der Waals surface area contributed by atoms with Gasteiger partial charge in [-0.2, -0.15) is 0 Å². The molecule has 2 nitrogen and oxygen atoms in total. The maximum absolute atomic E-state index is 3.66. The van der Waals surface area contributed by atoms with Gasteiger partial charge in [0.05, 0.1) is 6.54 Å². The van der Waals surface area contributed by atoms with E-state index in [0.29, 0.717) is 0 Å². The van der Waals surface area contributed by atoms with Crippen LogP contribution in [0.5, 0.6) is 0 Å². The molecule has 0 bridgehead atoms. The first kappa shape index (κ1) is 13.7. The van der Waals surface area contributed by atoms with Gasteiger partial charge in [-0.15, -0.1) is 0 Å². The second kappa shape index (κ2) is 6.92. The van der Waals surface area contributed by atoms with Gasteiger partial charge >= 0.3 is 0 Å². The van der Waals surface area contributed by atoms with Crippen molar-refractivity contribution in [1.29, 1.82) is 0 Å². The van der Waals surface area contributed by atoms with E-state index in [4.69, 9.17) is 0 Å². The first-order valence-electron chi connectivity index (χ1n) is 7.90. The minimum Gasteiger partial charge on any atom is -0.314 e. The Morgan fingerprint density at radius 3 is 2.50 bits per heavy atom. The number of benzene rings is 1. The lowest BCUT2D eigenvalue weighted by atomic mass is 9.97. The second-order valence-corrected chi connectivity index (χ2v) is 6.07. The van der Waals surface area contributed by atoms with Crippen molar-refractivity contribution in [2.45, 2.75) is 31.7 Å². The number of nitrogens with one attached hydrogen (secondary N) is 1. The summed E-state index contributed by atoms with van der Waals surface area (Å²) in [5.41, 5.74) is 1.12. The lowest BCUT2D eigenvalue weighted by molar-refractivity contribution is 0.200. The van der Waals surface area contributed by atoms with Gasteiger partial charge in [0.2, 0.25) is 0 Å². The Balaban J connectivity index is 1.37. The Morgan fingerprint density at radius 2 is 1.80 bits per heavy atom. The van der Waals surface area contributed by atoms with Crippen LogP contribution in [0.1, 0.15) is 31.2 Å². The maximum Gasteiger partial charge on any atom is 0.0605 e. The van der Waals surface area contributed by atoms with E-state index in [2.05, 4.69) is 34.2 Å². The molecule has 2 fully saturated rings. The van der Waals surface area contributed by atoms with E-state index in [9.17, 15) is 0 Å². The molecule has 0 aromatic heterocycles. The van der Waals surface area contributed by atoms with Gasteiger partial charge in [-0.3, -0.25) is 4.90 Å². The molecular weight excluding hydrogens is 244 g/mol. The van der Waals surface area contributed by atoms with E-state index in [-0.39, 0.29) is 0 Å². The highest BCUT2D eigenvalue weighted by Crippen LogP contribution is 2.21. The van der Waals surface area contributed by atoms with Gasteiger partial charge in [0.15, 0.2) is 0 Å². The Kier molecular flexibility index (Phi) is 4.73. The van der Waals surface area contributed by atoms with Crippen molar-refractivity contribution in [2.75, 3.05) is 26.2 Å². The van der Waals surface area contributed by atoms with Crippen molar-refractivity contribution >= 4 is 0 Å². The fraction of sp³-hybridized carbons (Fsp3) is 0.556. The summed E-state index contributed by atoms with van der Waals surface area (Å²) < 4.78 is 0. The Labute approximate surface area is 122 Å². The fourth-order valence-corrected chi connectivity index (χ4v) is 2.74. The van der Waals surface area contributed by atoms with Crippen molar-refractivity contribution in [3.63, 3.8) is 0 Å². The van der Waals surface area contributed by atoms with Crippen molar-refractivity contribution in [3.05, 3.63) is 35.9 Å². The minimum atomic E-state index is 0.852. The van der Waals surface area contributed by atoms with Gasteiger partial charge in [0, 0.05) is 11.6 Å². The molecule has 1 saturated carbocycles. The summed E-state index contributed by atoms with van der Waals surface area (Å²) >= 11 is 0. The van der Waals surface area contributed by atoms with Gasteiger partial charge in [0.25, 0.3) is 0 Å². The molecule has 1 aromatic rings. The number of nitrogens with zero attached hydrogens (tertiary/aromatic N) is 1. The summed E-state index contributed by atoms with van der Waals surface area (Å²) in [4.78, 5) is 2.49. The fourth-order valence-electron chi connectivity index (χ4n) is 2.74. The standard InChI is InChI=1S/C18H24N2/c1-2-5-16(6-3-1)7-4-12-20-13-10-17(11-14-20)15-19-18-8-9-18/h1-3,5-6,17-19H,8-15H2. The molecule has 1 saturated heterocycles. The van der Waals surface area contributed by atoms with E-state index in [1.54, 1.807) is 0 Å². The first-order chi connectivity index (χ1) is 9.90. The van der Waals surface area contributed by atoms with E-state index in [1.807, 2.05) is 18.2 Å². The largest absolute Gasteiger partial charge is 0.314 e. The summed E-state index contributed by atoms with van der Waals surface area (Å²) in [5.74, 6) is 7.44. The summed E-state index contributed by atoms with van der Waals surface area (Å²) in [6, 6.07) is 11.1. The van der Waals surface area contributed by atoms with Crippen LogP contribution in [0.3, 0.4) is 0 Å². The normalized spacial score (nSPS) is 20.4. The molecular formula is C18H24N2. The lowest BCUT2D eigenvalue weighted by Crippen LogP contribution is -2.37. The molecule has 1 heterocycles. The molecule has 0 radical (unpaired) electrons. The minimum absolute atomic E-state index is 0.852. The third-order valence-corrected chi connectivity index (χ3v) is 4.29. The Hall–Kier alpha value is -1.30. The van der Waals surface area contributed by atoms with Gasteiger partial charge in [-0.25, -0.2) is 0 Å². The Morgan fingerprint density at radius 1 is 1.05 bits per heavy atom. The molecule has 3 rings (SSSR count). The molecule has 0 unspecified atom stereocenters. The van der Waals surface area contributed by atoms with Crippen LogP contribution in [0.15, 0.2) is 30.3 Å². The number of hydrogen-bond donors (Lipinski definition) is 1. The van der Waals surface area contributed by atoms with Gasteiger partial charge in [-0.1, -0.05) is 30.0 Å². The van der Waals surface area contributed by atoms with Gasteiger partial charge < -0.3 is 5.32 Å². The molecule has 106 valence electrons. The third kappa shape index (κ3) is 4.37. The monoisotopic (exact) mass is 268 g/mol. The summed E-state index contributed by atoms with van der Waals surface area (Å²) in [7, 11) is 0. The van der Waals surface area contributed by atoms with Crippen molar-refractivity contribution in [2.24, 2.45) is 5.92 Å². The molecule has 2 heteroatoms. The maximum atomic E-state index is 3.66. The SMILES string of the molecule is C(#Cc1ccccc1)CN1CCC(CNC2CC2)CC1. The van der Waals surface area contributed by atoms with E-state index in [0.717, 1.165) is 24.1 Å². The van der Waals surface area contributed by atoms with Crippen molar-refractivity contribution in [1.82, 2.24) is 10.2 Å². The number of piperidine rings is 1. The zero-order valence-corrected chi connectivity index (χ0v) is 12.1. The molecule has 1 N–H and O–H groups in total. The van der Waals surface area contributed by atoms with Crippen LogP contribution in [0, 0.1) is 17.8 Å². The highest BCUT2D eigenvalue weighted by Gasteiger charge is 2.23. The van der Waals surface area contributed by atoms with Crippen LogP contribution in [-0.4, -0.2) is 37.1 Å². The van der Waals surface area contributed by atoms with E-state index < -0.39 is 0 Å². The topological polar surface area (TPSA) is 15.3 Å². The summed E-state index contributed by atoms with van der Waals surface area (Å²) in [6.07, 6.45) is 5.45. The quantitative estimate of drug-likeness (QED) is 0.844. The van der Waals surface area contributed by atoms with Gasteiger partial charge in [0.1, 0.15) is 0 Å². The second-order valence-electron chi connectivity index (χ2n) is 6.07. The van der Waals surface area contributed by atoms with Gasteiger partial charge in [-0.05, 0) is 63.4 Å². The molecule has 2 aliphatic rings. The summed E-state index contributed by atoms with van der Waals surface area (Å²) in [6.45, 7) is 4.56. The van der Waals surface area contributed by atoms with Crippen LogP contribution >= 0.6 is 0 Å². The van der Waals surface area contributed by atoms with Crippen LogP contribution < -0.4 is 5.32 Å². The first-order valence-corrected chi connectivity index (χ1v) is 7.90. The zero-order chi connectivity index (χ0) is 13.6. The lowest BCUT2D eigenvalue weighted by Gasteiger charge is -2.30. The average Bonchev–Trinajstić information content (AvgIpc) is 3.32. The highest BCUT2D eigenvalue weighted by atomic mass is 15.1. The predicted molar refractivity (Wildman–Crippen MR) is 83.5 cm³/mol. The number of likely N-dealkylation sites (tertiary alicyclic amines) is 1. The molecule has 1 aliphatic carbocycles. The molecule has 20 heavy (non-hydrogen) atoms. The third-order valence-electron chi connectivity index (χ3n) is 4.29. The van der Waals surface area contributed by atoms with Crippen molar-refractivity contribution in [3.8, 4) is 11.8 Å². The Bertz CT molecular complexity index is 459. The van der Waals surface area contributed by atoms with Crippen LogP contribution in [0.4, 0.5) is 0 Å². The highest BCUT2D eigenvalue weighted by molar-refractivity contribution is 5.33. The molecule has 0 spiro atoms. The molecule has 1 aliphatic heterocycles. The van der Waals surface area contributed by atoms with Crippen LogP contribution in [0.2, 0.25) is 0 Å². The zero-order valence-electron chi connectivity index (χ0n) is 12.1. The molecule has 1 aromatic carbocycles. The van der Waals surface area contributed by atoms with Crippen LogP contribution in [-0.2, 0) is 0 Å². The van der Waals surface area contributed by atoms with E-state index >= 15 is 0 Å². The number of hydrogen-bond acceptors (Lipinski definition) is 2. The predicted octanol–water partition coefficient (Wildman–Crippen LogP) is 2.50. The number of rotatable bonds is 4. The average molecular weight is 268 g/mol. The van der Waals surface area contributed by atoms with Crippen LogP contribution in [0.25, 0.3) is 0 Å². The summed E-state index contributed by atoms with van der Waals surface area (Å²) in [5, 5.41) is 3.66.